The summed E-state index contributed by atoms with van der Waals surface area (Å²) in [5.41, 5.74) is 2.25. The number of carbonyl (C=O) groups excluding carboxylic acids is 3. The summed E-state index contributed by atoms with van der Waals surface area (Å²) in [5.74, 6) is -1.19. The van der Waals surface area contributed by atoms with Crippen LogP contribution in [0.3, 0.4) is 0 Å². The van der Waals surface area contributed by atoms with Gasteiger partial charge in [-0.15, -0.1) is 0 Å². The Morgan fingerprint density at radius 2 is 1.63 bits per heavy atom. The molecule has 3 rings (SSSR count). The Balaban J connectivity index is 1.82. The van der Waals surface area contributed by atoms with Gasteiger partial charge >= 0.3 is 5.97 Å². The summed E-state index contributed by atoms with van der Waals surface area (Å²) in [6, 6.07) is 10.4. The predicted molar refractivity (Wildman–Crippen MR) is 99.7 cm³/mol. The molecule has 6 nitrogen and oxygen atoms in total. The lowest BCUT2D eigenvalue weighted by molar-refractivity contribution is -0.138. The lowest BCUT2D eigenvalue weighted by atomic mass is 10.1. The summed E-state index contributed by atoms with van der Waals surface area (Å²) < 4.78 is 10.7. The van der Waals surface area contributed by atoms with Crippen molar-refractivity contribution in [3.63, 3.8) is 0 Å². The van der Waals surface area contributed by atoms with Crippen molar-refractivity contribution in [3.05, 3.63) is 65.7 Å². The Morgan fingerprint density at radius 3 is 2.15 bits per heavy atom. The van der Waals surface area contributed by atoms with Gasteiger partial charge in [-0.3, -0.25) is 14.5 Å². The third-order valence-electron chi connectivity index (χ3n) is 4.42. The normalized spacial score (nSPS) is 14.0. The largest absolute Gasteiger partial charge is 0.493 e. The van der Waals surface area contributed by atoms with Gasteiger partial charge in [0.05, 0.1) is 18.2 Å². The van der Waals surface area contributed by atoms with Crippen LogP contribution in [0.4, 0.5) is 0 Å². The van der Waals surface area contributed by atoms with Crippen LogP contribution < -0.4 is 9.47 Å². The molecule has 1 aliphatic heterocycles. The van der Waals surface area contributed by atoms with E-state index in [-0.39, 0.29) is 16.9 Å². The molecule has 2 aromatic rings. The number of fused-ring (bicyclic) bond motifs is 1. The molecular formula is C21H19NO5. The average Bonchev–Trinajstić information content (AvgIpc) is 2.92. The number of ether oxygens (including phenoxy) is 2. The van der Waals surface area contributed by atoms with E-state index in [0.29, 0.717) is 5.75 Å². The number of carbonyl (C=O) groups is 3. The van der Waals surface area contributed by atoms with Crippen molar-refractivity contribution < 1.29 is 23.9 Å². The Morgan fingerprint density at radius 1 is 1.04 bits per heavy atom. The third-order valence-corrected chi connectivity index (χ3v) is 4.42. The van der Waals surface area contributed by atoms with Crippen molar-refractivity contribution in [2.45, 2.75) is 19.9 Å². The molecule has 2 aromatic carbocycles. The highest BCUT2D eigenvalue weighted by atomic mass is 16.6. The molecule has 6 heteroatoms. The number of benzene rings is 2. The number of esters is 1. The fourth-order valence-corrected chi connectivity index (χ4v) is 2.88. The standard InChI is InChI=1S/C21H19NO5/c1-12(2)14-9-10-17(18(11-14)26-4)27-21(25)13(3)22-19(23)15-7-5-6-8-16(15)20(22)24/h5-11,13H,1H2,2-4H3. The van der Waals surface area contributed by atoms with Gasteiger partial charge in [-0.2, -0.15) is 0 Å². The van der Waals surface area contributed by atoms with E-state index in [1.165, 1.54) is 14.0 Å². The number of nitrogens with zero attached hydrogens (tertiary/aromatic N) is 1. The van der Waals surface area contributed by atoms with E-state index in [1.807, 2.05) is 6.92 Å². The number of methoxy groups -OCH3 is 1. The van der Waals surface area contributed by atoms with Crippen LogP contribution >= 0.6 is 0 Å². The molecule has 0 N–H and O–H groups in total. The topological polar surface area (TPSA) is 72.9 Å². The molecule has 138 valence electrons. The average molecular weight is 365 g/mol. The van der Waals surface area contributed by atoms with E-state index in [4.69, 9.17) is 9.47 Å². The number of allylic oxidation sites excluding steroid dienone is 1. The molecule has 0 aliphatic carbocycles. The van der Waals surface area contributed by atoms with Crippen LogP contribution in [0.2, 0.25) is 0 Å². The van der Waals surface area contributed by atoms with Gasteiger partial charge in [-0.1, -0.05) is 30.4 Å². The highest BCUT2D eigenvalue weighted by Crippen LogP contribution is 2.31. The van der Waals surface area contributed by atoms with Gasteiger partial charge in [0.2, 0.25) is 0 Å². The maximum Gasteiger partial charge on any atom is 0.334 e. The van der Waals surface area contributed by atoms with Gasteiger partial charge in [0.15, 0.2) is 11.5 Å². The Bertz CT molecular complexity index is 928. The van der Waals surface area contributed by atoms with Gasteiger partial charge < -0.3 is 9.47 Å². The van der Waals surface area contributed by atoms with Crippen LogP contribution in [0.5, 0.6) is 11.5 Å². The second-order valence-electron chi connectivity index (χ2n) is 6.27. The minimum Gasteiger partial charge on any atom is -0.493 e. The third kappa shape index (κ3) is 3.21. The van der Waals surface area contributed by atoms with E-state index >= 15 is 0 Å². The maximum atomic E-state index is 12.6. The second kappa shape index (κ2) is 7.07. The molecule has 1 aliphatic rings. The molecular weight excluding hydrogens is 346 g/mol. The van der Waals surface area contributed by atoms with E-state index in [2.05, 4.69) is 6.58 Å². The minimum absolute atomic E-state index is 0.205. The SMILES string of the molecule is C=C(C)c1ccc(OC(=O)C(C)N2C(=O)c3ccccc3C2=O)c(OC)c1. The molecule has 0 radical (unpaired) electrons. The minimum atomic E-state index is -1.08. The van der Waals surface area contributed by atoms with E-state index in [0.717, 1.165) is 16.0 Å². The monoisotopic (exact) mass is 365 g/mol. The first-order valence-corrected chi connectivity index (χ1v) is 8.37. The zero-order valence-electron chi connectivity index (χ0n) is 15.3. The number of hydrogen-bond donors (Lipinski definition) is 0. The van der Waals surface area contributed by atoms with Gasteiger partial charge in [-0.25, -0.2) is 4.79 Å². The lowest BCUT2D eigenvalue weighted by Crippen LogP contribution is -2.44. The highest BCUT2D eigenvalue weighted by Gasteiger charge is 2.41. The van der Waals surface area contributed by atoms with Gasteiger partial charge in [0, 0.05) is 0 Å². The predicted octanol–water partition coefficient (Wildman–Crippen LogP) is 3.32. The summed E-state index contributed by atoms with van der Waals surface area (Å²) >= 11 is 0. The van der Waals surface area contributed by atoms with E-state index in [1.54, 1.807) is 42.5 Å². The van der Waals surface area contributed by atoms with Gasteiger partial charge in [0.25, 0.3) is 11.8 Å². The molecule has 0 fully saturated rings. The first-order valence-electron chi connectivity index (χ1n) is 8.37. The van der Waals surface area contributed by atoms with E-state index < -0.39 is 23.8 Å². The summed E-state index contributed by atoms with van der Waals surface area (Å²) in [5, 5.41) is 0. The van der Waals surface area contributed by atoms with Gasteiger partial charge in [0.1, 0.15) is 6.04 Å². The summed E-state index contributed by atoms with van der Waals surface area (Å²) in [4.78, 5) is 38.5. The van der Waals surface area contributed by atoms with Crippen LogP contribution in [0.1, 0.15) is 40.1 Å². The number of imide groups is 1. The second-order valence-corrected chi connectivity index (χ2v) is 6.27. The highest BCUT2D eigenvalue weighted by molar-refractivity contribution is 6.22. The van der Waals surface area contributed by atoms with Crippen LogP contribution in [-0.4, -0.2) is 35.8 Å². The van der Waals surface area contributed by atoms with E-state index in [9.17, 15) is 14.4 Å². The number of amides is 2. The maximum absolute atomic E-state index is 12.6. The van der Waals surface area contributed by atoms with Crippen molar-refractivity contribution in [2.24, 2.45) is 0 Å². The van der Waals surface area contributed by atoms with Crippen molar-refractivity contribution in [1.29, 1.82) is 0 Å². The van der Waals surface area contributed by atoms with Crippen molar-refractivity contribution in [1.82, 2.24) is 4.90 Å². The van der Waals surface area contributed by atoms with Crippen LogP contribution in [0.15, 0.2) is 49.0 Å². The number of hydrogen-bond acceptors (Lipinski definition) is 5. The molecule has 0 saturated carbocycles. The molecule has 1 unspecified atom stereocenters. The molecule has 27 heavy (non-hydrogen) atoms. The van der Waals surface area contributed by atoms with Crippen LogP contribution in [-0.2, 0) is 4.79 Å². The molecule has 1 atom stereocenters. The summed E-state index contributed by atoms with van der Waals surface area (Å²) in [6.45, 7) is 7.17. The molecule has 0 bridgehead atoms. The zero-order chi connectivity index (χ0) is 19.7. The van der Waals surface area contributed by atoms with Gasteiger partial charge in [-0.05, 0) is 43.7 Å². The Kier molecular flexibility index (Phi) is 4.81. The van der Waals surface area contributed by atoms with Crippen molar-refractivity contribution in [2.75, 3.05) is 7.11 Å². The Hall–Kier alpha value is -3.41. The summed E-state index contributed by atoms with van der Waals surface area (Å²) in [7, 11) is 1.46. The molecule has 0 spiro atoms. The smallest absolute Gasteiger partial charge is 0.334 e. The molecule has 1 heterocycles. The number of rotatable bonds is 5. The fourth-order valence-electron chi connectivity index (χ4n) is 2.88. The molecule has 0 saturated heterocycles. The lowest BCUT2D eigenvalue weighted by Gasteiger charge is -2.21. The van der Waals surface area contributed by atoms with Crippen molar-refractivity contribution >= 4 is 23.4 Å². The van der Waals surface area contributed by atoms with Crippen LogP contribution in [0, 0.1) is 0 Å². The molecule has 0 aromatic heterocycles. The first-order chi connectivity index (χ1) is 12.8. The van der Waals surface area contributed by atoms with Crippen LogP contribution in [0.25, 0.3) is 5.57 Å². The quantitative estimate of drug-likeness (QED) is 0.462. The summed E-state index contributed by atoms with van der Waals surface area (Å²) in [6.07, 6.45) is 0. The molecule has 2 amide bonds. The Labute approximate surface area is 157 Å². The zero-order valence-corrected chi connectivity index (χ0v) is 15.3. The first kappa shape index (κ1) is 18.4. The fraction of sp³-hybridized carbons (Fsp3) is 0.190. The van der Waals surface area contributed by atoms with Crippen molar-refractivity contribution in [3.8, 4) is 11.5 Å².